The summed E-state index contributed by atoms with van der Waals surface area (Å²) in [6.45, 7) is 4.29. The van der Waals surface area contributed by atoms with E-state index in [0.717, 1.165) is 27.7 Å². The van der Waals surface area contributed by atoms with Crippen LogP contribution in [0.5, 0.6) is 0 Å². The van der Waals surface area contributed by atoms with Crippen molar-refractivity contribution in [1.82, 2.24) is 10.3 Å². The van der Waals surface area contributed by atoms with Crippen molar-refractivity contribution in [3.63, 3.8) is 0 Å². The van der Waals surface area contributed by atoms with Gasteiger partial charge in [-0.2, -0.15) is 0 Å². The van der Waals surface area contributed by atoms with Gasteiger partial charge in [-0.3, -0.25) is 9.78 Å². The van der Waals surface area contributed by atoms with E-state index in [0.29, 0.717) is 17.1 Å². The zero-order valence-electron chi connectivity index (χ0n) is 13.1. The van der Waals surface area contributed by atoms with Gasteiger partial charge in [0.2, 0.25) is 0 Å². The first-order chi connectivity index (χ1) is 11.0. The maximum atomic E-state index is 12.6. The van der Waals surface area contributed by atoms with Crippen LogP contribution in [0.3, 0.4) is 0 Å². The highest BCUT2D eigenvalue weighted by molar-refractivity contribution is 6.31. The van der Waals surface area contributed by atoms with Gasteiger partial charge in [0.05, 0.1) is 11.1 Å². The van der Waals surface area contributed by atoms with Crippen molar-refractivity contribution in [3.05, 3.63) is 75.9 Å². The Hall–Kier alpha value is -2.39. The summed E-state index contributed by atoms with van der Waals surface area (Å²) in [7, 11) is 0. The number of hydrogen-bond acceptors (Lipinski definition) is 2. The molecule has 0 radical (unpaired) electrons. The molecule has 1 aromatic heterocycles. The van der Waals surface area contributed by atoms with Gasteiger partial charge in [-0.1, -0.05) is 41.4 Å². The molecule has 3 nitrogen and oxygen atoms in total. The van der Waals surface area contributed by atoms with E-state index in [1.54, 1.807) is 0 Å². The second-order valence-electron chi connectivity index (χ2n) is 5.61. The molecule has 0 spiro atoms. The lowest BCUT2D eigenvalue weighted by Gasteiger charge is -2.10. The average Bonchev–Trinajstić information content (AvgIpc) is 2.53. The van der Waals surface area contributed by atoms with Crippen LogP contribution in [0.15, 0.2) is 48.5 Å². The maximum Gasteiger partial charge on any atom is 0.252 e. The Kier molecular flexibility index (Phi) is 4.30. The molecule has 0 aliphatic rings. The van der Waals surface area contributed by atoms with Gasteiger partial charge in [-0.15, -0.1) is 0 Å². The van der Waals surface area contributed by atoms with Crippen molar-refractivity contribution >= 4 is 28.4 Å². The number of benzene rings is 2. The first-order valence-corrected chi connectivity index (χ1v) is 7.82. The number of fused-ring (bicyclic) bond motifs is 1. The average molecular weight is 325 g/mol. The Morgan fingerprint density at radius 2 is 1.91 bits per heavy atom. The first kappa shape index (κ1) is 15.5. The van der Waals surface area contributed by atoms with Crippen molar-refractivity contribution in [1.29, 1.82) is 0 Å². The highest BCUT2D eigenvalue weighted by Gasteiger charge is 2.12. The molecule has 3 rings (SSSR count). The number of aromatic nitrogens is 1. The van der Waals surface area contributed by atoms with Crippen LogP contribution >= 0.6 is 11.6 Å². The van der Waals surface area contributed by atoms with Gasteiger partial charge in [-0.25, -0.2) is 0 Å². The summed E-state index contributed by atoms with van der Waals surface area (Å²) in [5.41, 5.74) is 4.29. The van der Waals surface area contributed by atoms with Gasteiger partial charge in [0.1, 0.15) is 0 Å². The Balaban J connectivity index is 1.91. The van der Waals surface area contributed by atoms with Crippen LogP contribution in [-0.4, -0.2) is 10.9 Å². The molecular weight excluding hydrogens is 308 g/mol. The molecule has 1 heterocycles. The Morgan fingerprint density at radius 3 is 2.70 bits per heavy atom. The zero-order chi connectivity index (χ0) is 16.4. The number of carbonyl (C=O) groups is 1. The lowest BCUT2D eigenvalue weighted by atomic mass is 10.0. The Bertz CT molecular complexity index is 890. The third kappa shape index (κ3) is 3.35. The molecule has 0 bridgehead atoms. The number of amides is 1. The van der Waals surface area contributed by atoms with E-state index in [1.165, 1.54) is 0 Å². The summed E-state index contributed by atoms with van der Waals surface area (Å²) in [4.78, 5) is 17.1. The zero-order valence-corrected chi connectivity index (χ0v) is 13.8. The summed E-state index contributed by atoms with van der Waals surface area (Å²) in [6, 6.07) is 15.3. The molecule has 0 saturated carbocycles. The molecule has 23 heavy (non-hydrogen) atoms. The summed E-state index contributed by atoms with van der Waals surface area (Å²) in [5, 5.41) is 4.46. The quantitative estimate of drug-likeness (QED) is 0.774. The minimum atomic E-state index is -0.119. The van der Waals surface area contributed by atoms with E-state index >= 15 is 0 Å². The van der Waals surface area contributed by atoms with E-state index in [9.17, 15) is 4.79 Å². The number of rotatable bonds is 3. The monoisotopic (exact) mass is 324 g/mol. The minimum absolute atomic E-state index is 0.119. The number of hydrogen-bond donors (Lipinski definition) is 1. The van der Waals surface area contributed by atoms with Gasteiger partial charge in [-0.05, 0) is 43.7 Å². The van der Waals surface area contributed by atoms with Gasteiger partial charge < -0.3 is 5.32 Å². The number of pyridine rings is 1. The maximum absolute atomic E-state index is 12.6. The summed E-state index contributed by atoms with van der Waals surface area (Å²) in [6.07, 6.45) is 0. The predicted octanol–water partition coefficient (Wildman–Crippen LogP) is 4.44. The molecule has 0 atom stereocenters. The highest BCUT2D eigenvalue weighted by atomic mass is 35.5. The molecule has 116 valence electrons. The highest BCUT2D eigenvalue weighted by Crippen LogP contribution is 2.20. The molecule has 0 aliphatic heterocycles. The standard InChI is InChI=1S/C19H17ClN2O/c1-12-7-8-18-15(9-12)16(10-13(2)22-18)19(23)21-11-14-5-3-4-6-17(14)20/h3-10H,11H2,1-2H3,(H,21,23). The van der Waals surface area contributed by atoms with Crippen molar-refractivity contribution in [2.75, 3.05) is 0 Å². The third-order valence-electron chi connectivity index (χ3n) is 3.73. The lowest BCUT2D eigenvalue weighted by Crippen LogP contribution is -2.23. The molecular formula is C19H17ClN2O. The van der Waals surface area contributed by atoms with E-state index in [4.69, 9.17) is 11.6 Å². The van der Waals surface area contributed by atoms with E-state index < -0.39 is 0 Å². The van der Waals surface area contributed by atoms with Gasteiger partial charge >= 0.3 is 0 Å². The minimum Gasteiger partial charge on any atom is -0.348 e. The SMILES string of the molecule is Cc1ccc2nc(C)cc(C(=O)NCc3ccccc3Cl)c2c1. The van der Waals surface area contributed by atoms with Crippen molar-refractivity contribution in [2.45, 2.75) is 20.4 Å². The van der Waals surface area contributed by atoms with Crippen LogP contribution in [0.1, 0.15) is 27.2 Å². The molecule has 4 heteroatoms. The molecule has 1 amide bonds. The molecule has 0 saturated heterocycles. The number of carbonyl (C=O) groups excluding carboxylic acids is 1. The van der Waals surface area contributed by atoms with Crippen molar-refractivity contribution < 1.29 is 4.79 Å². The summed E-state index contributed by atoms with van der Waals surface area (Å²) < 4.78 is 0. The van der Waals surface area contributed by atoms with Gasteiger partial charge in [0.15, 0.2) is 0 Å². The summed E-state index contributed by atoms with van der Waals surface area (Å²) in [5.74, 6) is -0.119. The van der Waals surface area contributed by atoms with Crippen LogP contribution in [-0.2, 0) is 6.54 Å². The molecule has 2 aromatic carbocycles. The first-order valence-electron chi connectivity index (χ1n) is 7.44. The normalized spacial score (nSPS) is 10.7. The molecule has 0 fully saturated rings. The third-order valence-corrected chi connectivity index (χ3v) is 4.10. The summed E-state index contributed by atoms with van der Waals surface area (Å²) >= 11 is 6.13. The second-order valence-corrected chi connectivity index (χ2v) is 6.01. The number of nitrogens with one attached hydrogen (secondary N) is 1. The number of aryl methyl sites for hydroxylation is 2. The topological polar surface area (TPSA) is 42.0 Å². The van der Waals surface area contributed by atoms with Gasteiger partial charge in [0.25, 0.3) is 5.91 Å². The van der Waals surface area contributed by atoms with Crippen molar-refractivity contribution in [3.8, 4) is 0 Å². The Morgan fingerprint density at radius 1 is 1.13 bits per heavy atom. The molecule has 3 aromatic rings. The Labute approximate surface area is 140 Å². The fourth-order valence-electron chi connectivity index (χ4n) is 2.57. The van der Waals surface area contributed by atoms with Crippen molar-refractivity contribution in [2.24, 2.45) is 0 Å². The number of nitrogens with zero attached hydrogens (tertiary/aromatic N) is 1. The predicted molar refractivity (Wildman–Crippen MR) is 93.8 cm³/mol. The fourth-order valence-corrected chi connectivity index (χ4v) is 2.77. The van der Waals surface area contributed by atoms with E-state index in [2.05, 4.69) is 10.3 Å². The fraction of sp³-hybridized carbons (Fsp3) is 0.158. The van der Waals surface area contributed by atoms with E-state index in [1.807, 2.05) is 62.4 Å². The second kappa shape index (κ2) is 6.39. The smallest absolute Gasteiger partial charge is 0.252 e. The van der Waals surface area contributed by atoms with Gasteiger partial charge in [0, 0.05) is 22.6 Å². The molecule has 0 unspecified atom stereocenters. The van der Waals surface area contributed by atoms with Crippen LogP contribution < -0.4 is 5.32 Å². The molecule has 1 N–H and O–H groups in total. The largest absolute Gasteiger partial charge is 0.348 e. The van der Waals surface area contributed by atoms with Crippen LogP contribution in [0, 0.1) is 13.8 Å². The van der Waals surface area contributed by atoms with Crippen LogP contribution in [0.2, 0.25) is 5.02 Å². The molecule has 0 aliphatic carbocycles. The van der Waals surface area contributed by atoms with E-state index in [-0.39, 0.29) is 5.91 Å². The van der Waals surface area contributed by atoms with Crippen LogP contribution in [0.4, 0.5) is 0 Å². The lowest BCUT2D eigenvalue weighted by molar-refractivity contribution is 0.0952. The number of halogens is 1. The van der Waals surface area contributed by atoms with Crippen LogP contribution in [0.25, 0.3) is 10.9 Å².